The maximum absolute atomic E-state index is 13.2. The average Bonchev–Trinajstić information content (AvgIpc) is 2.15. The average molecular weight is 235 g/mol. The quantitative estimate of drug-likeness (QED) is 0.594. The number of ether oxygens (including phenoxy) is 1. The first kappa shape index (κ1) is 11.9. The molecule has 2 nitrogen and oxygen atoms in total. The molecular weight excluding hydrogens is 226 g/mol. The van der Waals surface area contributed by atoms with Crippen LogP contribution in [0.3, 0.4) is 0 Å². The van der Waals surface area contributed by atoms with Crippen LogP contribution in [0.2, 0.25) is 0 Å². The molecule has 15 heavy (non-hydrogen) atoms. The molecule has 0 saturated carbocycles. The summed E-state index contributed by atoms with van der Waals surface area (Å²) in [6.45, 7) is 1.43. The molecular formula is C10H9ClF2O2. The van der Waals surface area contributed by atoms with Crippen molar-refractivity contribution in [1.82, 2.24) is 0 Å². The summed E-state index contributed by atoms with van der Waals surface area (Å²) in [5.41, 5.74) is -0.103. The minimum atomic E-state index is -0.918. The summed E-state index contributed by atoms with van der Waals surface area (Å²) in [6, 6.07) is 1.81. The van der Waals surface area contributed by atoms with Crippen LogP contribution in [0.4, 0.5) is 8.78 Å². The van der Waals surface area contributed by atoms with Crippen LogP contribution in [0, 0.1) is 11.6 Å². The molecule has 1 rings (SSSR count). The zero-order valence-corrected chi connectivity index (χ0v) is 8.94. The molecule has 5 heteroatoms. The molecule has 0 heterocycles. The van der Waals surface area contributed by atoms with Crippen molar-refractivity contribution >= 4 is 17.4 Å². The van der Waals surface area contributed by atoms with Crippen molar-refractivity contribution in [2.24, 2.45) is 0 Å². The van der Waals surface area contributed by atoms with Crippen molar-refractivity contribution in [3.8, 4) is 5.75 Å². The molecule has 0 radical (unpaired) electrons. The topological polar surface area (TPSA) is 26.3 Å². The summed E-state index contributed by atoms with van der Waals surface area (Å²) >= 11 is 5.52. The fourth-order valence-corrected chi connectivity index (χ4v) is 1.25. The van der Waals surface area contributed by atoms with Crippen LogP contribution in [-0.4, -0.2) is 18.3 Å². The third kappa shape index (κ3) is 2.45. The lowest BCUT2D eigenvalue weighted by molar-refractivity contribution is 0.0990. The summed E-state index contributed by atoms with van der Waals surface area (Å²) in [4.78, 5) is 11.3. The van der Waals surface area contributed by atoms with Gasteiger partial charge in [-0.3, -0.25) is 4.79 Å². The molecule has 0 bridgehead atoms. The van der Waals surface area contributed by atoms with E-state index >= 15 is 0 Å². The first-order chi connectivity index (χ1) is 6.97. The first-order valence-electron chi connectivity index (χ1n) is 4.18. The van der Waals surface area contributed by atoms with E-state index in [1.165, 1.54) is 6.92 Å². The van der Waals surface area contributed by atoms with Gasteiger partial charge < -0.3 is 4.74 Å². The summed E-state index contributed by atoms with van der Waals surface area (Å²) in [7, 11) is 1.15. The van der Waals surface area contributed by atoms with E-state index in [0.717, 1.165) is 19.2 Å². The van der Waals surface area contributed by atoms with Crippen LogP contribution < -0.4 is 4.74 Å². The number of ketones is 1. The van der Waals surface area contributed by atoms with E-state index in [0.29, 0.717) is 0 Å². The summed E-state index contributed by atoms with van der Waals surface area (Å²) in [6.07, 6.45) is 0. The minimum absolute atomic E-state index is 0.103. The van der Waals surface area contributed by atoms with Gasteiger partial charge in [-0.25, -0.2) is 8.78 Å². The van der Waals surface area contributed by atoms with Gasteiger partial charge in [-0.15, -0.1) is 11.6 Å². The Hall–Kier alpha value is -1.16. The van der Waals surface area contributed by atoms with Crippen LogP contribution in [0.15, 0.2) is 12.1 Å². The third-order valence-corrected chi connectivity index (χ3v) is 2.05. The van der Waals surface area contributed by atoms with E-state index in [2.05, 4.69) is 4.74 Å². The molecule has 0 aliphatic carbocycles. The van der Waals surface area contributed by atoms with Crippen molar-refractivity contribution in [2.45, 2.75) is 12.3 Å². The van der Waals surface area contributed by atoms with E-state index < -0.39 is 28.5 Å². The molecule has 0 amide bonds. The second-order valence-corrected chi connectivity index (χ2v) is 3.61. The number of rotatable bonds is 3. The second-order valence-electron chi connectivity index (χ2n) is 2.95. The van der Waals surface area contributed by atoms with E-state index in [1.807, 2.05) is 0 Å². The zero-order chi connectivity index (χ0) is 11.6. The highest BCUT2D eigenvalue weighted by Gasteiger charge is 2.18. The maximum Gasteiger partial charge on any atom is 0.190 e. The molecule has 1 unspecified atom stereocenters. The van der Waals surface area contributed by atoms with Crippen LogP contribution in [-0.2, 0) is 0 Å². The number of benzene rings is 1. The van der Waals surface area contributed by atoms with Gasteiger partial charge in [-0.05, 0) is 19.1 Å². The van der Waals surface area contributed by atoms with Crippen molar-refractivity contribution < 1.29 is 18.3 Å². The Morgan fingerprint density at radius 1 is 1.40 bits per heavy atom. The van der Waals surface area contributed by atoms with Gasteiger partial charge >= 0.3 is 0 Å². The number of carbonyl (C=O) groups is 1. The van der Waals surface area contributed by atoms with Gasteiger partial charge in [0.2, 0.25) is 0 Å². The molecule has 0 N–H and O–H groups in total. The first-order valence-corrected chi connectivity index (χ1v) is 4.62. The molecule has 0 fully saturated rings. The SMILES string of the molecule is COc1c(F)cc(C(=O)C(C)Cl)cc1F. The summed E-state index contributed by atoms with van der Waals surface area (Å²) < 4.78 is 30.8. The van der Waals surface area contributed by atoms with Gasteiger partial charge in [-0.1, -0.05) is 0 Å². The molecule has 0 spiro atoms. The Morgan fingerprint density at radius 3 is 2.20 bits per heavy atom. The van der Waals surface area contributed by atoms with E-state index in [-0.39, 0.29) is 5.56 Å². The number of hydrogen-bond acceptors (Lipinski definition) is 2. The predicted octanol–water partition coefficient (Wildman–Crippen LogP) is 2.78. The van der Waals surface area contributed by atoms with Gasteiger partial charge in [-0.2, -0.15) is 0 Å². The Bertz CT molecular complexity index is 368. The Labute approximate surface area is 90.8 Å². The monoisotopic (exact) mass is 234 g/mol. The highest BCUT2D eigenvalue weighted by Crippen LogP contribution is 2.23. The van der Waals surface area contributed by atoms with E-state index in [9.17, 15) is 13.6 Å². The molecule has 1 aromatic carbocycles. The fourth-order valence-electron chi connectivity index (χ4n) is 1.13. The predicted molar refractivity (Wildman–Crippen MR) is 52.6 cm³/mol. The van der Waals surface area contributed by atoms with Crippen molar-refractivity contribution in [3.05, 3.63) is 29.3 Å². The Kier molecular flexibility index (Phi) is 3.63. The molecule has 82 valence electrons. The normalized spacial score (nSPS) is 12.3. The van der Waals surface area contributed by atoms with Crippen LogP contribution in [0.5, 0.6) is 5.75 Å². The number of methoxy groups -OCH3 is 1. The van der Waals surface area contributed by atoms with Crippen molar-refractivity contribution in [2.75, 3.05) is 7.11 Å². The lowest BCUT2D eigenvalue weighted by atomic mass is 10.1. The van der Waals surface area contributed by atoms with Crippen LogP contribution in [0.25, 0.3) is 0 Å². The number of alkyl halides is 1. The maximum atomic E-state index is 13.2. The summed E-state index contributed by atoms with van der Waals surface area (Å²) in [5, 5.41) is -0.822. The second kappa shape index (κ2) is 4.57. The lowest BCUT2D eigenvalue weighted by Gasteiger charge is -2.07. The van der Waals surface area contributed by atoms with Crippen LogP contribution in [0.1, 0.15) is 17.3 Å². The number of hydrogen-bond donors (Lipinski definition) is 0. The number of halogens is 3. The van der Waals surface area contributed by atoms with Crippen molar-refractivity contribution in [1.29, 1.82) is 0 Å². The third-order valence-electron chi connectivity index (χ3n) is 1.85. The highest BCUT2D eigenvalue weighted by molar-refractivity contribution is 6.33. The fraction of sp³-hybridized carbons (Fsp3) is 0.300. The lowest BCUT2D eigenvalue weighted by Crippen LogP contribution is -2.11. The number of carbonyl (C=O) groups excluding carboxylic acids is 1. The van der Waals surface area contributed by atoms with Gasteiger partial charge in [0, 0.05) is 5.56 Å². The van der Waals surface area contributed by atoms with Gasteiger partial charge in [0.1, 0.15) is 0 Å². The Balaban J connectivity index is 3.20. The van der Waals surface area contributed by atoms with E-state index in [4.69, 9.17) is 11.6 Å². The molecule has 0 aliphatic heterocycles. The standard InChI is InChI=1S/C10H9ClF2O2/c1-5(11)9(14)6-3-7(12)10(15-2)8(13)4-6/h3-5H,1-2H3. The largest absolute Gasteiger partial charge is 0.491 e. The molecule has 0 aliphatic rings. The molecule has 1 aromatic rings. The molecule has 0 saturated heterocycles. The van der Waals surface area contributed by atoms with Gasteiger partial charge in [0.15, 0.2) is 23.2 Å². The van der Waals surface area contributed by atoms with Gasteiger partial charge in [0.05, 0.1) is 12.5 Å². The van der Waals surface area contributed by atoms with Gasteiger partial charge in [0.25, 0.3) is 0 Å². The minimum Gasteiger partial charge on any atom is -0.491 e. The van der Waals surface area contributed by atoms with Crippen molar-refractivity contribution in [3.63, 3.8) is 0 Å². The summed E-state index contributed by atoms with van der Waals surface area (Å²) in [5.74, 6) is -2.87. The number of Topliss-reactive ketones (excluding diaryl/α,β-unsaturated/α-hetero) is 1. The Morgan fingerprint density at radius 2 is 1.87 bits per heavy atom. The zero-order valence-electron chi connectivity index (χ0n) is 8.18. The highest BCUT2D eigenvalue weighted by atomic mass is 35.5. The smallest absolute Gasteiger partial charge is 0.190 e. The molecule has 0 aromatic heterocycles. The molecule has 1 atom stereocenters. The van der Waals surface area contributed by atoms with Crippen LogP contribution >= 0.6 is 11.6 Å². The van der Waals surface area contributed by atoms with E-state index in [1.54, 1.807) is 0 Å².